The lowest BCUT2D eigenvalue weighted by molar-refractivity contribution is -0.116. The predicted octanol–water partition coefficient (Wildman–Crippen LogP) is 3.38. The topological polar surface area (TPSA) is 56.1 Å². The number of benzene rings is 2. The molecule has 0 fully saturated rings. The summed E-state index contributed by atoms with van der Waals surface area (Å²) in [6, 6.07) is 13.5. The van der Waals surface area contributed by atoms with E-state index in [1.165, 1.54) is 5.56 Å². The SMILES string of the molecule is COc1ccc(NC(=O)CCn2ncc3ccc(C)cc32)cc1. The molecule has 3 aromatic rings. The molecule has 0 bridgehead atoms. The summed E-state index contributed by atoms with van der Waals surface area (Å²) in [6.07, 6.45) is 2.20. The summed E-state index contributed by atoms with van der Waals surface area (Å²) in [5.41, 5.74) is 3.00. The van der Waals surface area contributed by atoms with E-state index in [2.05, 4.69) is 22.5 Å². The van der Waals surface area contributed by atoms with Gasteiger partial charge in [0.05, 0.1) is 25.4 Å². The number of nitrogens with zero attached hydrogens (tertiary/aromatic N) is 2. The predicted molar refractivity (Wildman–Crippen MR) is 90.7 cm³/mol. The number of hydrogen-bond acceptors (Lipinski definition) is 3. The van der Waals surface area contributed by atoms with Crippen LogP contribution in [0.2, 0.25) is 0 Å². The van der Waals surface area contributed by atoms with Gasteiger partial charge in [-0.15, -0.1) is 0 Å². The second-order valence-corrected chi connectivity index (χ2v) is 5.46. The number of anilines is 1. The normalized spacial score (nSPS) is 10.7. The van der Waals surface area contributed by atoms with Crippen LogP contribution in [0.3, 0.4) is 0 Å². The number of aryl methyl sites for hydroxylation is 2. The number of rotatable bonds is 5. The van der Waals surface area contributed by atoms with Crippen LogP contribution < -0.4 is 10.1 Å². The zero-order valence-electron chi connectivity index (χ0n) is 13.2. The van der Waals surface area contributed by atoms with Crippen molar-refractivity contribution < 1.29 is 9.53 Å². The first-order valence-electron chi connectivity index (χ1n) is 7.52. The van der Waals surface area contributed by atoms with E-state index in [0.29, 0.717) is 13.0 Å². The lowest BCUT2D eigenvalue weighted by atomic mass is 10.2. The maximum absolute atomic E-state index is 12.1. The van der Waals surface area contributed by atoms with Gasteiger partial charge in [-0.05, 0) is 42.8 Å². The molecule has 0 aliphatic rings. The van der Waals surface area contributed by atoms with E-state index >= 15 is 0 Å². The number of carbonyl (C=O) groups excluding carboxylic acids is 1. The number of amides is 1. The first-order chi connectivity index (χ1) is 11.2. The molecule has 1 heterocycles. The summed E-state index contributed by atoms with van der Waals surface area (Å²) in [6.45, 7) is 2.60. The highest BCUT2D eigenvalue weighted by atomic mass is 16.5. The summed E-state index contributed by atoms with van der Waals surface area (Å²) in [4.78, 5) is 12.1. The van der Waals surface area contributed by atoms with Crippen LogP contribution >= 0.6 is 0 Å². The molecule has 0 aliphatic heterocycles. The maximum atomic E-state index is 12.1. The van der Waals surface area contributed by atoms with Crippen LogP contribution in [0.15, 0.2) is 48.7 Å². The van der Waals surface area contributed by atoms with E-state index in [1.54, 1.807) is 7.11 Å². The first kappa shape index (κ1) is 15.1. The van der Waals surface area contributed by atoms with E-state index in [4.69, 9.17) is 4.74 Å². The third kappa shape index (κ3) is 3.51. The molecular formula is C18H19N3O2. The maximum Gasteiger partial charge on any atom is 0.226 e. The molecule has 0 radical (unpaired) electrons. The second-order valence-electron chi connectivity index (χ2n) is 5.46. The number of aromatic nitrogens is 2. The number of carbonyl (C=O) groups is 1. The molecule has 118 valence electrons. The highest BCUT2D eigenvalue weighted by molar-refractivity contribution is 5.90. The molecule has 1 N–H and O–H groups in total. The van der Waals surface area contributed by atoms with Crippen LogP contribution in [0.5, 0.6) is 5.75 Å². The van der Waals surface area contributed by atoms with E-state index in [9.17, 15) is 4.79 Å². The average molecular weight is 309 g/mol. The largest absolute Gasteiger partial charge is 0.497 e. The Morgan fingerprint density at radius 1 is 1.22 bits per heavy atom. The van der Waals surface area contributed by atoms with Gasteiger partial charge in [0.2, 0.25) is 5.91 Å². The standard InChI is InChI=1S/C18H19N3O2/c1-13-3-4-14-12-19-21(17(14)11-13)10-9-18(22)20-15-5-7-16(23-2)8-6-15/h3-8,11-12H,9-10H2,1-2H3,(H,20,22). The number of ether oxygens (including phenoxy) is 1. The second kappa shape index (κ2) is 6.52. The molecule has 5 heteroatoms. The Kier molecular flexibility index (Phi) is 4.28. The zero-order chi connectivity index (χ0) is 16.2. The Hall–Kier alpha value is -2.82. The van der Waals surface area contributed by atoms with Gasteiger partial charge < -0.3 is 10.1 Å². The average Bonchev–Trinajstić information content (AvgIpc) is 2.96. The van der Waals surface area contributed by atoms with Crippen LogP contribution in [-0.4, -0.2) is 22.8 Å². The Morgan fingerprint density at radius 2 is 2.00 bits per heavy atom. The molecule has 0 saturated carbocycles. The van der Waals surface area contributed by atoms with E-state index in [0.717, 1.165) is 22.3 Å². The van der Waals surface area contributed by atoms with Gasteiger partial charge in [-0.2, -0.15) is 5.10 Å². The van der Waals surface area contributed by atoms with Crippen molar-refractivity contribution in [2.75, 3.05) is 12.4 Å². The molecule has 1 aromatic heterocycles. The summed E-state index contributed by atoms with van der Waals surface area (Å²) < 4.78 is 6.97. The van der Waals surface area contributed by atoms with E-state index in [1.807, 2.05) is 48.1 Å². The fraction of sp³-hybridized carbons (Fsp3) is 0.222. The minimum atomic E-state index is -0.0357. The Labute approximate surface area is 134 Å². The van der Waals surface area contributed by atoms with Crippen molar-refractivity contribution in [2.45, 2.75) is 19.9 Å². The number of hydrogen-bond donors (Lipinski definition) is 1. The Balaban J connectivity index is 1.62. The van der Waals surface area contributed by atoms with Crippen LogP contribution in [-0.2, 0) is 11.3 Å². The molecule has 1 amide bonds. The van der Waals surface area contributed by atoms with Crippen molar-refractivity contribution in [2.24, 2.45) is 0 Å². The highest BCUT2D eigenvalue weighted by Crippen LogP contribution is 2.17. The molecular weight excluding hydrogens is 290 g/mol. The quantitative estimate of drug-likeness (QED) is 0.786. The smallest absolute Gasteiger partial charge is 0.226 e. The van der Waals surface area contributed by atoms with Gasteiger partial charge in [0.15, 0.2) is 0 Å². The molecule has 2 aromatic carbocycles. The van der Waals surface area contributed by atoms with Gasteiger partial charge in [-0.25, -0.2) is 0 Å². The van der Waals surface area contributed by atoms with E-state index < -0.39 is 0 Å². The number of nitrogens with one attached hydrogen (secondary N) is 1. The third-order valence-corrected chi connectivity index (χ3v) is 3.72. The molecule has 3 rings (SSSR count). The Bertz CT molecular complexity index is 822. The van der Waals surface area contributed by atoms with Crippen LogP contribution in [0.25, 0.3) is 10.9 Å². The van der Waals surface area contributed by atoms with Gasteiger partial charge >= 0.3 is 0 Å². The van der Waals surface area contributed by atoms with Crippen molar-refractivity contribution in [3.8, 4) is 5.75 Å². The summed E-state index contributed by atoms with van der Waals surface area (Å²) in [7, 11) is 1.61. The molecule has 23 heavy (non-hydrogen) atoms. The Morgan fingerprint density at radius 3 is 2.74 bits per heavy atom. The van der Waals surface area contributed by atoms with Gasteiger partial charge in [0.1, 0.15) is 5.75 Å². The molecule has 0 unspecified atom stereocenters. The van der Waals surface area contributed by atoms with Gasteiger partial charge in [-0.1, -0.05) is 12.1 Å². The third-order valence-electron chi connectivity index (χ3n) is 3.72. The molecule has 0 spiro atoms. The summed E-state index contributed by atoms with van der Waals surface area (Å²) in [5, 5.41) is 8.33. The molecule has 0 saturated heterocycles. The highest BCUT2D eigenvalue weighted by Gasteiger charge is 2.07. The van der Waals surface area contributed by atoms with Crippen molar-refractivity contribution in [3.63, 3.8) is 0 Å². The van der Waals surface area contributed by atoms with Crippen molar-refractivity contribution in [1.82, 2.24) is 9.78 Å². The van der Waals surface area contributed by atoms with Gasteiger partial charge in [0, 0.05) is 17.5 Å². The lowest BCUT2D eigenvalue weighted by Crippen LogP contribution is -2.14. The van der Waals surface area contributed by atoms with Crippen molar-refractivity contribution in [1.29, 1.82) is 0 Å². The molecule has 0 atom stereocenters. The number of fused-ring (bicyclic) bond motifs is 1. The van der Waals surface area contributed by atoms with Crippen LogP contribution in [0.4, 0.5) is 5.69 Å². The molecule has 0 aliphatic carbocycles. The summed E-state index contributed by atoms with van der Waals surface area (Å²) >= 11 is 0. The molecule has 5 nitrogen and oxygen atoms in total. The first-order valence-corrected chi connectivity index (χ1v) is 7.52. The number of methoxy groups -OCH3 is 1. The monoisotopic (exact) mass is 309 g/mol. The zero-order valence-corrected chi connectivity index (χ0v) is 13.2. The van der Waals surface area contributed by atoms with E-state index in [-0.39, 0.29) is 5.91 Å². The van der Waals surface area contributed by atoms with Gasteiger partial charge in [0.25, 0.3) is 0 Å². The minimum absolute atomic E-state index is 0.0357. The van der Waals surface area contributed by atoms with Crippen molar-refractivity contribution in [3.05, 3.63) is 54.2 Å². The van der Waals surface area contributed by atoms with Crippen LogP contribution in [0, 0.1) is 6.92 Å². The minimum Gasteiger partial charge on any atom is -0.497 e. The van der Waals surface area contributed by atoms with Crippen molar-refractivity contribution >= 4 is 22.5 Å². The lowest BCUT2D eigenvalue weighted by Gasteiger charge is -2.07. The summed E-state index contributed by atoms with van der Waals surface area (Å²) in [5.74, 6) is 0.729. The fourth-order valence-corrected chi connectivity index (χ4v) is 2.46. The fourth-order valence-electron chi connectivity index (χ4n) is 2.46. The van der Waals surface area contributed by atoms with Crippen LogP contribution in [0.1, 0.15) is 12.0 Å². The van der Waals surface area contributed by atoms with Gasteiger partial charge in [-0.3, -0.25) is 9.48 Å².